The van der Waals surface area contributed by atoms with Crippen LogP contribution < -0.4 is 9.47 Å². The molecule has 1 fully saturated rings. The lowest BCUT2D eigenvalue weighted by Crippen LogP contribution is -2.25. The third kappa shape index (κ3) is 3.58. The highest BCUT2D eigenvalue weighted by atomic mass is 79.9. The number of benzene rings is 2. The van der Waals surface area contributed by atoms with Crippen LogP contribution in [-0.4, -0.2) is 21.1 Å². The number of fused-ring (bicyclic) bond motifs is 1. The molecule has 10 heteroatoms. The zero-order valence-electron chi connectivity index (χ0n) is 18.6. The van der Waals surface area contributed by atoms with Crippen LogP contribution in [0.1, 0.15) is 24.4 Å². The summed E-state index contributed by atoms with van der Waals surface area (Å²) in [5.74, 6) is 0.762. The van der Waals surface area contributed by atoms with Crippen molar-refractivity contribution in [3.63, 3.8) is 0 Å². The van der Waals surface area contributed by atoms with Gasteiger partial charge in [-0.05, 0) is 49.2 Å². The summed E-state index contributed by atoms with van der Waals surface area (Å²) in [6.07, 6.45) is -2.12. The van der Waals surface area contributed by atoms with Gasteiger partial charge in [-0.15, -0.1) is 8.78 Å². The van der Waals surface area contributed by atoms with Crippen LogP contribution in [0.5, 0.6) is 11.5 Å². The maximum absolute atomic E-state index is 13.5. The van der Waals surface area contributed by atoms with Crippen molar-refractivity contribution in [1.82, 2.24) is 14.8 Å². The van der Waals surface area contributed by atoms with Crippen molar-refractivity contribution in [1.29, 1.82) is 5.26 Å². The number of aromatic nitrogens is 3. The standard InChI is InChI=1S/C25H17BrF2N4O3/c1-13-30-22(14-3-6-19-20(9-14)35-25(27,28)34-19)23(33-13)17-10-15(26)4-5-16(17)18-11-21(31-32(18)2)24(12-29)7-8-24/h3-6,9-11H,7-8H2,1-2H3. The van der Waals surface area contributed by atoms with Gasteiger partial charge >= 0.3 is 6.29 Å². The fraction of sp³-hybridized carbons (Fsp3) is 0.240. The molecule has 35 heavy (non-hydrogen) atoms. The number of nitriles is 1. The van der Waals surface area contributed by atoms with Crippen LogP contribution in [0.2, 0.25) is 0 Å². The Kier molecular flexibility index (Phi) is 4.60. The number of alkyl halides is 2. The lowest BCUT2D eigenvalue weighted by Gasteiger charge is -2.10. The minimum atomic E-state index is -3.71. The molecule has 0 spiro atoms. The van der Waals surface area contributed by atoms with Gasteiger partial charge in [-0.25, -0.2) is 4.98 Å². The zero-order chi connectivity index (χ0) is 24.5. The highest BCUT2D eigenvalue weighted by molar-refractivity contribution is 9.10. The van der Waals surface area contributed by atoms with Gasteiger partial charge in [0.1, 0.15) is 11.1 Å². The van der Waals surface area contributed by atoms with E-state index in [0.29, 0.717) is 22.9 Å². The molecule has 0 radical (unpaired) electrons. The Labute approximate surface area is 207 Å². The van der Waals surface area contributed by atoms with Gasteiger partial charge in [0.15, 0.2) is 23.1 Å². The molecular formula is C25H17BrF2N4O3. The minimum Gasteiger partial charge on any atom is -0.440 e. The summed E-state index contributed by atoms with van der Waals surface area (Å²) in [5, 5.41) is 14.2. The van der Waals surface area contributed by atoms with Crippen LogP contribution >= 0.6 is 15.9 Å². The van der Waals surface area contributed by atoms with Crippen LogP contribution in [0.15, 0.2) is 51.4 Å². The number of ether oxygens (including phenoxy) is 2. The van der Waals surface area contributed by atoms with Crippen molar-refractivity contribution in [3.8, 4) is 51.4 Å². The second-order valence-electron chi connectivity index (χ2n) is 8.66. The van der Waals surface area contributed by atoms with E-state index >= 15 is 0 Å². The third-order valence-electron chi connectivity index (χ3n) is 6.25. The van der Waals surface area contributed by atoms with Crippen molar-refractivity contribution in [2.24, 2.45) is 7.05 Å². The van der Waals surface area contributed by atoms with Crippen molar-refractivity contribution in [3.05, 3.63) is 58.5 Å². The van der Waals surface area contributed by atoms with Gasteiger partial charge in [0.05, 0.1) is 17.5 Å². The summed E-state index contributed by atoms with van der Waals surface area (Å²) in [4.78, 5) is 4.54. The van der Waals surface area contributed by atoms with E-state index in [1.54, 1.807) is 17.7 Å². The molecule has 0 N–H and O–H groups in total. The molecule has 2 aliphatic rings. The number of halogens is 3. The van der Waals surface area contributed by atoms with E-state index in [1.807, 2.05) is 31.3 Å². The molecule has 6 rings (SSSR count). The first-order chi connectivity index (χ1) is 16.7. The highest BCUT2D eigenvalue weighted by Gasteiger charge is 2.47. The van der Waals surface area contributed by atoms with Gasteiger partial charge < -0.3 is 13.9 Å². The van der Waals surface area contributed by atoms with Gasteiger partial charge in [0.2, 0.25) is 0 Å². The first-order valence-electron chi connectivity index (χ1n) is 10.8. The summed E-state index contributed by atoms with van der Waals surface area (Å²) in [6.45, 7) is 1.72. The molecule has 2 aromatic carbocycles. The third-order valence-corrected chi connectivity index (χ3v) is 6.74. The molecule has 3 heterocycles. The molecule has 0 saturated heterocycles. The molecule has 1 aliphatic carbocycles. The maximum atomic E-state index is 13.5. The number of oxazole rings is 1. The van der Waals surface area contributed by atoms with Crippen LogP contribution in [-0.2, 0) is 12.5 Å². The van der Waals surface area contributed by atoms with Gasteiger partial charge in [0, 0.05) is 35.1 Å². The normalized spacial score (nSPS) is 16.8. The first-order valence-corrected chi connectivity index (χ1v) is 11.6. The molecule has 0 unspecified atom stereocenters. The number of nitrogens with zero attached hydrogens (tertiary/aromatic N) is 4. The Morgan fingerprint density at radius 1 is 1.06 bits per heavy atom. The van der Waals surface area contributed by atoms with Crippen LogP contribution in [0.3, 0.4) is 0 Å². The number of aryl methyl sites for hydroxylation is 2. The molecule has 7 nitrogen and oxygen atoms in total. The van der Waals surface area contributed by atoms with E-state index < -0.39 is 11.7 Å². The fourth-order valence-electron chi connectivity index (χ4n) is 4.33. The van der Waals surface area contributed by atoms with E-state index in [4.69, 9.17) is 4.42 Å². The summed E-state index contributed by atoms with van der Waals surface area (Å²) in [6, 6.07) is 14.6. The average molecular weight is 539 g/mol. The molecule has 176 valence electrons. The average Bonchev–Trinajstić information content (AvgIpc) is 3.21. The fourth-order valence-corrected chi connectivity index (χ4v) is 4.69. The molecule has 4 aromatic rings. The van der Waals surface area contributed by atoms with E-state index in [-0.39, 0.29) is 11.5 Å². The van der Waals surface area contributed by atoms with Crippen molar-refractivity contribution in [2.45, 2.75) is 31.5 Å². The Morgan fingerprint density at radius 2 is 1.83 bits per heavy atom. The Morgan fingerprint density at radius 3 is 2.57 bits per heavy atom. The zero-order valence-corrected chi connectivity index (χ0v) is 20.2. The predicted octanol–water partition coefficient (Wildman–Crippen LogP) is 6.36. The lowest BCUT2D eigenvalue weighted by molar-refractivity contribution is -0.286. The Bertz CT molecular complexity index is 1550. The summed E-state index contributed by atoms with van der Waals surface area (Å²) in [5.41, 5.74) is 3.61. The SMILES string of the molecule is Cc1nc(-c2ccc3c(c2)OC(F)(F)O3)c(-c2cc(Br)ccc2-c2cc(C3(C#N)CC3)nn2C)o1. The summed E-state index contributed by atoms with van der Waals surface area (Å²) >= 11 is 3.54. The molecular weight excluding hydrogens is 522 g/mol. The van der Waals surface area contributed by atoms with Crippen LogP contribution in [0.25, 0.3) is 33.8 Å². The van der Waals surface area contributed by atoms with Crippen molar-refractivity contribution >= 4 is 15.9 Å². The highest BCUT2D eigenvalue weighted by Crippen LogP contribution is 2.49. The van der Waals surface area contributed by atoms with E-state index in [0.717, 1.165) is 39.8 Å². The molecule has 1 saturated carbocycles. The summed E-state index contributed by atoms with van der Waals surface area (Å²) < 4.78 is 44.9. The van der Waals surface area contributed by atoms with E-state index in [1.165, 1.54) is 12.1 Å². The van der Waals surface area contributed by atoms with Gasteiger partial charge in [-0.1, -0.05) is 22.0 Å². The second-order valence-corrected chi connectivity index (χ2v) is 9.58. The Balaban J connectivity index is 1.49. The second kappa shape index (κ2) is 7.39. The lowest BCUT2D eigenvalue weighted by atomic mass is 9.97. The van der Waals surface area contributed by atoms with Gasteiger partial charge in [-0.2, -0.15) is 10.4 Å². The smallest absolute Gasteiger partial charge is 0.440 e. The number of rotatable bonds is 4. The monoisotopic (exact) mass is 538 g/mol. The van der Waals surface area contributed by atoms with Crippen molar-refractivity contribution in [2.75, 3.05) is 0 Å². The van der Waals surface area contributed by atoms with E-state index in [2.05, 4.69) is 41.6 Å². The van der Waals surface area contributed by atoms with Gasteiger partial charge in [0.25, 0.3) is 0 Å². The molecule has 0 bridgehead atoms. The largest absolute Gasteiger partial charge is 0.586 e. The number of hydrogen-bond acceptors (Lipinski definition) is 6. The maximum Gasteiger partial charge on any atom is 0.586 e. The molecule has 0 atom stereocenters. The molecule has 1 aliphatic heterocycles. The summed E-state index contributed by atoms with van der Waals surface area (Å²) in [7, 11) is 1.84. The quantitative estimate of drug-likeness (QED) is 0.300. The van der Waals surface area contributed by atoms with Crippen LogP contribution in [0, 0.1) is 18.3 Å². The topological polar surface area (TPSA) is 86.1 Å². The number of hydrogen-bond donors (Lipinski definition) is 0. The van der Waals surface area contributed by atoms with Crippen molar-refractivity contribution < 1.29 is 22.7 Å². The first kappa shape index (κ1) is 21.8. The Hall–Kier alpha value is -3.71. The van der Waals surface area contributed by atoms with E-state index in [9.17, 15) is 14.0 Å². The molecule has 2 aromatic heterocycles. The molecule has 0 amide bonds. The predicted molar refractivity (Wildman–Crippen MR) is 125 cm³/mol. The van der Waals surface area contributed by atoms with Crippen LogP contribution in [0.4, 0.5) is 8.78 Å². The van der Waals surface area contributed by atoms with Gasteiger partial charge in [-0.3, -0.25) is 4.68 Å². The minimum absolute atomic E-state index is 0.0439.